The Morgan fingerprint density at radius 3 is 2.77 bits per heavy atom. The Balaban J connectivity index is 2.00. The number of aryl methyl sites for hydroxylation is 1. The SMILES string of the molecule is COC(=O)c1cc(/C=C2\SC(=S)N(CCCCCC(=O)O)C2=O)oc1C. The van der Waals surface area contributed by atoms with Gasteiger partial charge >= 0.3 is 11.9 Å². The molecule has 0 unspecified atom stereocenters. The molecule has 0 spiro atoms. The number of ether oxygens (including phenoxy) is 1. The number of esters is 1. The lowest BCUT2D eigenvalue weighted by Gasteiger charge is -2.13. The third kappa shape index (κ3) is 4.95. The number of amides is 1. The van der Waals surface area contributed by atoms with Gasteiger partial charge in [-0.1, -0.05) is 30.4 Å². The Bertz CT molecular complexity index is 767. The zero-order valence-electron chi connectivity index (χ0n) is 14.4. The van der Waals surface area contributed by atoms with Crippen LogP contribution in [-0.4, -0.2) is 45.8 Å². The van der Waals surface area contributed by atoms with Gasteiger partial charge in [-0.25, -0.2) is 4.79 Å². The second-order valence-electron chi connectivity index (χ2n) is 5.65. The predicted molar refractivity (Wildman–Crippen MR) is 101 cm³/mol. The Morgan fingerprint density at radius 1 is 1.38 bits per heavy atom. The third-order valence-corrected chi connectivity index (χ3v) is 5.14. The van der Waals surface area contributed by atoms with E-state index in [-0.39, 0.29) is 12.3 Å². The van der Waals surface area contributed by atoms with Crippen LogP contribution in [0.1, 0.15) is 47.6 Å². The van der Waals surface area contributed by atoms with Crippen LogP contribution in [0.2, 0.25) is 0 Å². The lowest BCUT2D eigenvalue weighted by atomic mass is 10.2. The molecule has 7 nitrogen and oxygen atoms in total. The number of aliphatic carboxylic acids is 1. The molecule has 0 bridgehead atoms. The minimum absolute atomic E-state index is 0.124. The predicted octanol–water partition coefficient (Wildman–Crippen LogP) is 3.22. The van der Waals surface area contributed by atoms with Gasteiger partial charge in [0.25, 0.3) is 5.91 Å². The van der Waals surface area contributed by atoms with Crippen molar-refractivity contribution in [3.8, 4) is 0 Å². The van der Waals surface area contributed by atoms with Crippen LogP contribution in [0, 0.1) is 6.92 Å². The molecule has 1 amide bonds. The van der Waals surface area contributed by atoms with E-state index in [4.69, 9.17) is 21.7 Å². The van der Waals surface area contributed by atoms with Gasteiger partial charge in [-0.05, 0) is 25.8 Å². The summed E-state index contributed by atoms with van der Waals surface area (Å²) < 4.78 is 10.6. The van der Waals surface area contributed by atoms with Gasteiger partial charge in [0.05, 0.1) is 12.0 Å². The molecule has 9 heteroatoms. The summed E-state index contributed by atoms with van der Waals surface area (Å²) in [5.41, 5.74) is 0.313. The van der Waals surface area contributed by atoms with Crippen LogP contribution < -0.4 is 0 Å². The fourth-order valence-corrected chi connectivity index (χ4v) is 3.72. The molecule has 1 aromatic rings. The van der Waals surface area contributed by atoms with E-state index in [1.807, 2.05) is 0 Å². The highest BCUT2D eigenvalue weighted by molar-refractivity contribution is 8.26. The summed E-state index contributed by atoms with van der Waals surface area (Å²) in [6, 6.07) is 1.53. The molecule has 0 aromatic carbocycles. The first-order valence-corrected chi connectivity index (χ1v) is 9.22. The molecule has 1 fully saturated rings. The molecule has 0 radical (unpaired) electrons. The maximum atomic E-state index is 12.5. The van der Waals surface area contributed by atoms with E-state index in [2.05, 4.69) is 4.74 Å². The van der Waals surface area contributed by atoms with Gasteiger partial charge in [0.15, 0.2) is 0 Å². The summed E-state index contributed by atoms with van der Waals surface area (Å²) in [7, 11) is 1.29. The first-order valence-electron chi connectivity index (χ1n) is 7.99. The van der Waals surface area contributed by atoms with E-state index in [0.717, 1.165) is 0 Å². The molecular formula is C17H19NO6S2. The highest BCUT2D eigenvalue weighted by atomic mass is 32.2. The van der Waals surface area contributed by atoms with Crippen molar-refractivity contribution in [2.75, 3.05) is 13.7 Å². The quantitative estimate of drug-likeness (QED) is 0.309. The molecule has 2 rings (SSSR count). The molecule has 1 aromatic heterocycles. The summed E-state index contributed by atoms with van der Waals surface area (Å²) in [6.07, 6.45) is 3.64. The van der Waals surface area contributed by atoms with Crippen LogP contribution >= 0.6 is 24.0 Å². The van der Waals surface area contributed by atoms with Crippen molar-refractivity contribution >= 4 is 52.2 Å². The molecule has 0 saturated carbocycles. The lowest BCUT2D eigenvalue weighted by Crippen LogP contribution is -2.29. The number of hydrogen-bond acceptors (Lipinski definition) is 7. The first-order chi connectivity index (χ1) is 12.3. The van der Waals surface area contributed by atoms with Crippen molar-refractivity contribution in [1.29, 1.82) is 0 Å². The number of carbonyl (C=O) groups is 3. The monoisotopic (exact) mass is 397 g/mol. The average Bonchev–Trinajstić information content (AvgIpc) is 3.07. The molecule has 1 N–H and O–H groups in total. The molecule has 1 aliphatic heterocycles. The second kappa shape index (κ2) is 9.00. The summed E-state index contributed by atoms with van der Waals surface area (Å²) in [5, 5.41) is 8.62. The molecule has 0 atom stereocenters. The molecule has 140 valence electrons. The molecule has 0 aliphatic carbocycles. The number of carboxylic acids is 1. The average molecular weight is 397 g/mol. The largest absolute Gasteiger partial charge is 0.481 e. The van der Waals surface area contributed by atoms with Gasteiger partial charge in [0.2, 0.25) is 0 Å². The first kappa shape index (κ1) is 20.2. The van der Waals surface area contributed by atoms with Crippen molar-refractivity contribution in [1.82, 2.24) is 4.90 Å². The van der Waals surface area contributed by atoms with Gasteiger partial charge in [0.1, 0.15) is 21.4 Å². The maximum Gasteiger partial charge on any atom is 0.341 e. The molecule has 26 heavy (non-hydrogen) atoms. The number of methoxy groups -OCH3 is 1. The number of rotatable bonds is 8. The molecule has 1 saturated heterocycles. The van der Waals surface area contributed by atoms with E-state index in [9.17, 15) is 14.4 Å². The van der Waals surface area contributed by atoms with Crippen molar-refractivity contribution in [3.05, 3.63) is 28.1 Å². The number of carboxylic acid groups (broad SMARTS) is 1. The summed E-state index contributed by atoms with van der Waals surface area (Å²) in [5.74, 6) is -0.743. The Kier molecular flexibility index (Phi) is 6.98. The molecule has 1 aliphatic rings. The fourth-order valence-electron chi connectivity index (χ4n) is 2.43. The summed E-state index contributed by atoms with van der Waals surface area (Å²) >= 11 is 6.42. The van der Waals surface area contributed by atoms with Crippen molar-refractivity contribution < 1.29 is 28.6 Å². The number of nitrogens with zero attached hydrogens (tertiary/aromatic N) is 1. The van der Waals surface area contributed by atoms with E-state index in [1.54, 1.807) is 13.0 Å². The normalized spacial score (nSPS) is 15.8. The Hall–Kier alpha value is -2.13. The van der Waals surface area contributed by atoms with Gasteiger partial charge in [-0.3, -0.25) is 14.5 Å². The Labute approximate surface area is 160 Å². The smallest absolute Gasteiger partial charge is 0.341 e. The Morgan fingerprint density at radius 2 is 2.12 bits per heavy atom. The third-order valence-electron chi connectivity index (χ3n) is 3.76. The number of carbonyl (C=O) groups excluding carboxylic acids is 2. The van der Waals surface area contributed by atoms with E-state index < -0.39 is 11.9 Å². The van der Waals surface area contributed by atoms with Crippen LogP contribution in [0.15, 0.2) is 15.4 Å². The number of thioether (sulfide) groups is 1. The standard InChI is InChI=1S/C17H19NO6S2/c1-10-12(16(22)23-2)8-11(24-10)9-13-15(21)18(17(25)26-13)7-5-3-4-6-14(19)20/h8-9H,3-7H2,1-2H3,(H,19,20)/b13-9-. The minimum atomic E-state index is -0.821. The van der Waals surface area contributed by atoms with Crippen LogP contribution in [0.5, 0.6) is 0 Å². The van der Waals surface area contributed by atoms with Gasteiger partial charge in [0, 0.05) is 19.0 Å². The van der Waals surface area contributed by atoms with Gasteiger partial charge in [-0.15, -0.1) is 0 Å². The molecule has 2 heterocycles. The van der Waals surface area contributed by atoms with Crippen molar-refractivity contribution in [3.63, 3.8) is 0 Å². The van der Waals surface area contributed by atoms with Crippen molar-refractivity contribution in [2.24, 2.45) is 0 Å². The van der Waals surface area contributed by atoms with Crippen LogP contribution in [0.25, 0.3) is 6.08 Å². The number of furan rings is 1. The highest BCUT2D eigenvalue weighted by Gasteiger charge is 2.32. The minimum Gasteiger partial charge on any atom is -0.481 e. The number of hydrogen-bond donors (Lipinski definition) is 1. The summed E-state index contributed by atoms with van der Waals surface area (Å²) in [4.78, 5) is 36.5. The van der Waals surface area contributed by atoms with E-state index >= 15 is 0 Å². The summed E-state index contributed by atoms with van der Waals surface area (Å²) in [6.45, 7) is 2.10. The molecular weight excluding hydrogens is 378 g/mol. The zero-order chi connectivity index (χ0) is 19.3. The highest BCUT2D eigenvalue weighted by Crippen LogP contribution is 2.33. The van der Waals surface area contributed by atoms with Gasteiger partial charge in [-0.2, -0.15) is 0 Å². The van der Waals surface area contributed by atoms with Crippen LogP contribution in [0.4, 0.5) is 0 Å². The maximum absolute atomic E-state index is 12.5. The van der Waals surface area contributed by atoms with Crippen LogP contribution in [-0.2, 0) is 14.3 Å². The number of thiocarbonyl (C=S) groups is 1. The van der Waals surface area contributed by atoms with Crippen molar-refractivity contribution in [2.45, 2.75) is 32.6 Å². The van der Waals surface area contributed by atoms with E-state index in [1.165, 1.54) is 29.8 Å². The number of unbranched alkanes of at least 4 members (excludes halogenated alkanes) is 2. The lowest BCUT2D eigenvalue weighted by molar-refractivity contribution is -0.137. The van der Waals surface area contributed by atoms with Crippen LogP contribution in [0.3, 0.4) is 0 Å². The fraction of sp³-hybridized carbons (Fsp3) is 0.412. The van der Waals surface area contributed by atoms with E-state index in [0.29, 0.717) is 52.1 Å². The zero-order valence-corrected chi connectivity index (χ0v) is 16.1. The second-order valence-corrected chi connectivity index (χ2v) is 7.32. The topological polar surface area (TPSA) is 97.0 Å². The van der Waals surface area contributed by atoms with Gasteiger partial charge < -0.3 is 14.3 Å².